The lowest BCUT2D eigenvalue weighted by Crippen LogP contribution is -2.41. The summed E-state index contributed by atoms with van der Waals surface area (Å²) in [5.41, 5.74) is 1.13. The van der Waals surface area contributed by atoms with Gasteiger partial charge in [-0.2, -0.15) is 0 Å². The molecule has 1 N–H and O–H groups in total. The van der Waals surface area contributed by atoms with Crippen LogP contribution >= 0.6 is 0 Å². The van der Waals surface area contributed by atoms with E-state index >= 15 is 0 Å². The van der Waals surface area contributed by atoms with Crippen molar-refractivity contribution in [3.63, 3.8) is 0 Å². The van der Waals surface area contributed by atoms with E-state index in [4.69, 9.17) is 9.15 Å². The Morgan fingerprint density at radius 2 is 2.00 bits per heavy atom. The molecule has 6 nitrogen and oxygen atoms in total. The van der Waals surface area contributed by atoms with Gasteiger partial charge in [-0.15, -0.1) is 0 Å². The van der Waals surface area contributed by atoms with Crippen LogP contribution in [0.2, 0.25) is 0 Å². The van der Waals surface area contributed by atoms with Crippen LogP contribution in [0.1, 0.15) is 33.6 Å². The fraction of sp³-hybridized carbons (Fsp3) is 0.368. The number of amides is 2. The highest BCUT2D eigenvalue weighted by Gasteiger charge is 2.24. The second-order valence-electron chi connectivity index (χ2n) is 6.16. The predicted molar refractivity (Wildman–Crippen MR) is 92.7 cm³/mol. The molecule has 132 valence electrons. The highest BCUT2D eigenvalue weighted by Crippen LogP contribution is 2.20. The van der Waals surface area contributed by atoms with Gasteiger partial charge >= 0.3 is 0 Å². The molecular weight excluding hydrogens is 320 g/mol. The molecule has 1 aromatic heterocycles. The molecule has 0 radical (unpaired) electrons. The smallest absolute Gasteiger partial charge is 0.257 e. The average molecular weight is 342 g/mol. The summed E-state index contributed by atoms with van der Waals surface area (Å²) in [6.07, 6.45) is 4.72. The molecule has 1 aromatic carbocycles. The van der Waals surface area contributed by atoms with Crippen LogP contribution in [0.15, 0.2) is 47.3 Å². The lowest BCUT2D eigenvalue weighted by Gasteiger charge is -2.31. The van der Waals surface area contributed by atoms with Crippen molar-refractivity contribution in [2.24, 2.45) is 5.92 Å². The third kappa shape index (κ3) is 4.02. The van der Waals surface area contributed by atoms with E-state index < -0.39 is 0 Å². The van der Waals surface area contributed by atoms with Crippen LogP contribution in [0.3, 0.4) is 0 Å². The van der Waals surface area contributed by atoms with Crippen molar-refractivity contribution < 1.29 is 18.7 Å². The van der Waals surface area contributed by atoms with Crippen LogP contribution in [0.25, 0.3) is 0 Å². The largest absolute Gasteiger partial charge is 0.496 e. The van der Waals surface area contributed by atoms with Gasteiger partial charge in [0.15, 0.2) is 0 Å². The second-order valence-corrected chi connectivity index (χ2v) is 6.16. The molecule has 1 saturated heterocycles. The zero-order valence-corrected chi connectivity index (χ0v) is 14.2. The molecule has 25 heavy (non-hydrogen) atoms. The fourth-order valence-corrected chi connectivity index (χ4v) is 3.07. The minimum Gasteiger partial charge on any atom is -0.496 e. The van der Waals surface area contributed by atoms with Crippen LogP contribution < -0.4 is 10.1 Å². The zero-order valence-electron chi connectivity index (χ0n) is 14.2. The SMILES string of the molecule is COc1ccccc1C(=O)NCC1CCN(C(=O)c2ccoc2)CC1. The molecule has 0 aliphatic carbocycles. The Kier molecular flexibility index (Phi) is 5.38. The Labute approximate surface area is 146 Å². The number of carbonyl (C=O) groups is 2. The highest BCUT2D eigenvalue weighted by atomic mass is 16.5. The quantitative estimate of drug-likeness (QED) is 0.906. The number of piperidine rings is 1. The third-order valence-electron chi connectivity index (χ3n) is 4.57. The van der Waals surface area contributed by atoms with E-state index in [1.807, 2.05) is 17.0 Å². The van der Waals surface area contributed by atoms with Gasteiger partial charge in [0.1, 0.15) is 12.0 Å². The monoisotopic (exact) mass is 342 g/mol. The lowest BCUT2D eigenvalue weighted by atomic mass is 9.96. The summed E-state index contributed by atoms with van der Waals surface area (Å²) in [6.45, 7) is 1.99. The van der Waals surface area contributed by atoms with Gasteiger partial charge in [0, 0.05) is 19.6 Å². The number of likely N-dealkylation sites (tertiary alicyclic amines) is 1. The maximum absolute atomic E-state index is 12.3. The molecule has 0 atom stereocenters. The standard InChI is InChI=1S/C19H22N2O4/c1-24-17-5-3-2-4-16(17)18(22)20-12-14-6-9-21(10-7-14)19(23)15-8-11-25-13-15/h2-5,8,11,13-14H,6-7,9-10,12H2,1H3,(H,20,22). The Morgan fingerprint density at radius 1 is 1.24 bits per heavy atom. The van der Waals surface area contributed by atoms with E-state index in [1.165, 1.54) is 12.5 Å². The van der Waals surface area contributed by atoms with Crippen LogP contribution in [-0.4, -0.2) is 43.5 Å². The first-order valence-corrected chi connectivity index (χ1v) is 8.41. The molecule has 2 amide bonds. The number of methoxy groups -OCH3 is 1. The van der Waals surface area contributed by atoms with Crippen molar-refractivity contribution in [3.8, 4) is 5.75 Å². The van der Waals surface area contributed by atoms with Crippen molar-refractivity contribution in [1.29, 1.82) is 0 Å². The van der Waals surface area contributed by atoms with E-state index in [1.54, 1.807) is 25.3 Å². The number of furan rings is 1. The lowest BCUT2D eigenvalue weighted by molar-refractivity contribution is 0.0683. The van der Waals surface area contributed by atoms with Gasteiger partial charge in [-0.3, -0.25) is 9.59 Å². The van der Waals surface area contributed by atoms with E-state index in [9.17, 15) is 9.59 Å². The van der Waals surface area contributed by atoms with E-state index in [0.717, 1.165) is 12.8 Å². The molecule has 0 saturated carbocycles. The summed E-state index contributed by atoms with van der Waals surface area (Å²) in [7, 11) is 1.55. The van der Waals surface area contributed by atoms with Crippen LogP contribution in [0.5, 0.6) is 5.75 Å². The second kappa shape index (κ2) is 7.88. The van der Waals surface area contributed by atoms with Crippen LogP contribution in [0.4, 0.5) is 0 Å². The molecular formula is C19H22N2O4. The van der Waals surface area contributed by atoms with Crippen molar-refractivity contribution in [3.05, 3.63) is 54.0 Å². The maximum atomic E-state index is 12.3. The fourth-order valence-electron chi connectivity index (χ4n) is 3.07. The molecule has 0 bridgehead atoms. The topological polar surface area (TPSA) is 71.8 Å². The Bertz CT molecular complexity index is 719. The first-order chi connectivity index (χ1) is 12.2. The van der Waals surface area contributed by atoms with Gasteiger partial charge in [-0.25, -0.2) is 0 Å². The number of benzene rings is 1. The number of rotatable bonds is 5. The summed E-state index contributed by atoms with van der Waals surface area (Å²) in [5.74, 6) is 0.812. The summed E-state index contributed by atoms with van der Waals surface area (Å²) in [4.78, 5) is 26.4. The van der Waals surface area contributed by atoms with Gasteiger partial charge in [0.05, 0.1) is 24.5 Å². The first-order valence-electron chi connectivity index (χ1n) is 8.41. The van der Waals surface area contributed by atoms with Crippen LogP contribution in [0, 0.1) is 5.92 Å². The van der Waals surface area contributed by atoms with E-state index in [0.29, 0.717) is 42.4 Å². The molecule has 1 aliphatic heterocycles. The summed E-state index contributed by atoms with van der Waals surface area (Å²) < 4.78 is 10.2. The van der Waals surface area contributed by atoms with Gasteiger partial charge in [0.2, 0.25) is 0 Å². The number of carbonyl (C=O) groups excluding carboxylic acids is 2. The molecule has 2 aromatic rings. The Hall–Kier alpha value is -2.76. The highest BCUT2D eigenvalue weighted by molar-refractivity contribution is 5.97. The normalized spacial score (nSPS) is 15.0. The Balaban J connectivity index is 1.48. The van der Waals surface area contributed by atoms with Crippen LogP contribution in [-0.2, 0) is 0 Å². The van der Waals surface area contributed by atoms with Gasteiger partial charge in [0.25, 0.3) is 11.8 Å². The maximum Gasteiger partial charge on any atom is 0.257 e. The van der Waals surface area contributed by atoms with Gasteiger partial charge < -0.3 is 19.4 Å². The average Bonchev–Trinajstić information content (AvgIpc) is 3.20. The molecule has 1 fully saturated rings. The van der Waals surface area contributed by atoms with E-state index in [2.05, 4.69) is 5.32 Å². The number of hydrogen-bond acceptors (Lipinski definition) is 4. The van der Waals surface area contributed by atoms with Gasteiger partial charge in [-0.05, 0) is 37.0 Å². The number of para-hydroxylation sites is 1. The number of hydrogen-bond donors (Lipinski definition) is 1. The van der Waals surface area contributed by atoms with Crippen molar-refractivity contribution in [1.82, 2.24) is 10.2 Å². The molecule has 0 spiro atoms. The Morgan fingerprint density at radius 3 is 2.68 bits per heavy atom. The number of ether oxygens (including phenoxy) is 1. The number of nitrogens with one attached hydrogen (secondary N) is 1. The first kappa shape index (κ1) is 17.1. The molecule has 6 heteroatoms. The van der Waals surface area contributed by atoms with Crippen molar-refractivity contribution in [2.45, 2.75) is 12.8 Å². The third-order valence-corrected chi connectivity index (χ3v) is 4.57. The minimum absolute atomic E-state index is 0.00487. The number of nitrogens with zero attached hydrogens (tertiary/aromatic N) is 1. The predicted octanol–water partition coefficient (Wildman–Crippen LogP) is 2.57. The van der Waals surface area contributed by atoms with E-state index in [-0.39, 0.29) is 11.8 Å². The molecule has 1 aliphatic rings. The van der Waals surface area contributed by atoms with Crippen molar-refractivity contribution >= 4 is 11.8 Å². The van der Waals surface area contributed by atoms with Crippen molar-refractivity contribution in [2.75, 3.05) is 26.7 Å². The summed E-state index contributed by atoms with van der Waals surface area (Å²) >= 11 is 0. The molecule has 2 heterocycles. The molecule has 0 unspecified atom stereocenters. The molecule has 3 rings (SSSR count). The summed E-state index contributed by atoms with van der Waals surface area (Å²) in [6, 6.07) is 8.86. The summed E-state index contributed by atoms with van der Waals surface area (Å²) in [5, 5.41) is 2.98. The van der Waals surface area contributed by atoms with Gasteiger partial charge in [-0.1, -0.05) is 12.1 Å². The zero-order chi connectivity index (χ0) is 17.6. The minimum atomic E-state index is -0.130.